The molecule has 1 aliphatic heterocycles. The predicted molar refractivity (Wildman–Crippen MR) is 114 cm³/mol. The summed E-state index contributed by atoms with van der Waals surface area (Å²) in [4.78, 5) is 4.22. The molecule has 2 rings (SSSR count). The van der Waals surface area contributed by atoms with Crippen LogP contribution in [-0.2, 0) is 16.6 Å². The van der Waals surface area contributed by atoms with Crippen LogP contribution in [0.5, 0.6) is 0 Å². The lowest BCUT2D eigenvalue weighted by molar-refractivity contribution is 0.607. The Kier molecular flexibility index (Phi) is 9.21. The van der Waals surface area contributed by atoms with Crippen LogP contribution in [-0.4, -0.2) is 45.2 Å². The summed E-state index contributed by atoms with van der Waals surface area (Å²) in [5.74, 6) is 2.01. The minimum Gasteiger partial charge on any atom is -0.355 e. The second-order valence-electron chi connectivity index (χ2n) is 5.52. The van der Waals surface area contributed by atoms with Crippen molar-refractivity contribution in [3.63, 3.8) is 0 Å². The van der Waals surface area contributed by atoms with Crippen molar-refractivity contribution in [1.29, 1.82) is 0 Å². The molecule has 0 spiro atoms. The van der Waals surface area contributed by atoms with Crippen LogP contribution in [0.2, 0.25) is 0 Å². The fraction of sp³-hybridized carbons (Fsp3) is 0.533. The van der Waals surface area contributed by atoms with Gasteiger partial charge in [-0.3, -0.25) is 9.71 Å². The highest BCUT2D eigenvalue weighted by molar-refractivity contribution is 14.0. The summed E-state index contributed by atoms with van der Waals surface area (Å²) in [7, 11) is -1.51. The number of hydrogen-bond donors (Lipinski definition) is 3. The predicted octanol–water partition coefficient (Wildman–Crippen LogP) is 2.24. The van der Waals surface area contributed by atoms with Gasteiger partial charge in [-0.1, -0.05) is 12.1 Å². The minimum absolute atomic E-state index is 0. The number of sulfonamides is 1. The molecule has 0 amide bonds. The first kappa shape index (κ1) is 21.4. The monoisotopic (exact) mass is 484 g/mol. The van der Waals surface area contributed by atoms with Crippen LogP contribution >= 0.6 is 35.7 Å². The van der Waals surface area contributed by atoms with Gasteiger partial charge in [0.05, 0.1) is 6.26 Å². The lowest BCUT2D eigenvalue weighted by Gasteiger charge is -2.15. The van der Waals surface area contributed by atoms with E-state index in [9.17, 15) is 8.42 Å². The summed E-state index contributed by atoms with van der Waals surface area (Å²) >= 11 is 2.01. The smallest absolute Gasteiger partial charge is 0.229 e. The van der Waals surface area contributed by atoms with Gasteiger partial charge >= 0.3 is 0 Å². The zero-order valence-corrected chi connectivity index (χ0v) is 17.9. The molecule has 24 heavy (non-hydrogen) atoms. The second-order valence-corrected chi connectivity index (χ2v) is 8.67. The molecule has 6 nitrogen and oxygen atoms in total. The molecule has 1 aromatic carbocycles. The van der Waals surface area contributed by atoms with Crippen molar-refractivity contribution in [2.24, 2.45) is 4.99 Å². The summed E-state index contributed by atoms with van der Waals surface area (Å²) in [5.41, 5.74) is 1.55. The first-order valence-corrected chi connectivity index (χ1v) is 10.5. The lowest BCUT2D eigenvalue weighted by atomic mass is 10.2. The summed E-state index contributed by atoms with van der Waals surface area (Å²) in [6.07, 6.45) is 3.70. The molecular formula is C15H25IN4O2S2. The van der Waals surface area contributed by atoms with Crippen molar-refractivity contribution < 1.29 is 8.42 Å². The highest BCUT2D eigenvalue weighted by Crippen LogP contribution is 2.25. The van der Waals surface area contributed by atoms with Crippen molar-refractivity contribution in [2.75, 3.05) is 30.3 Å². The molecule has 1 aromatic rings. The van der Waals surface area contributed by atoms with E-state index >= 15 is 0 Å². The third kappa shape index (κ3) is 7.93. The third-order valence-electron chi connectivity index (χ3n) is 3.43. The highest BCUT2D eigenvalue weighted by Gasteiger charge is 2.15. The lowest BCUT2D eigenvalue weighted by Crippen LogP contribution is -2.39. The Balaban J connectivity index is 0.00000288. The summed E-state index contributed by atoms with van der Waals surface area (Å²) in [6.45, 7) is 1.50. The molecule has 1 saturated heterocycles. The van der Waals surface area contributed by atoms with Crippen LogP contribution in [0.15, 0.2) is 29.3 Å². The molecule has 0 aromatic heterocycles. The van der Waals surface area contributed by atoms with E-state index in [0.29, 0.717) is 17.5 Å². The summed E-state index contributed by atoms with van der Waals surface area (Å²) in [5, 5.41) is 7.26. The number of hydrogen-bond acceptors (Lipinski definition) is 4. The van der Waals surface area contributed by atoms with Crippen LogP contribution in [0.4, 0.5) is 5.69 Å². The number of rotatable bonds is 6. The van der Waals surface area contributed by atoms with Crippen LogP contribution in [0.3, 0.4) is 0 Å². The fourth-order valence-electron chi connectivity index (χ4n) is 2.38. The first-order chi connectivity index (χ1) is 11.0. The van der Waals surface area contributed by atoms with E-state index in [1.165, 1.54) is 18.6 Å². The normalized spacial score (nSPS) is 17.9. The van der Waals surface area contributed by atoms with Gasteiger partial charge in [-0.25, -0.2) is 8.42 Å². The molecule has 136 valence electrons. The van der Waals surface area contributed by atoms with Gasteiger partial charge in [-0.15, -0.1) is 24.0 Å². The Labute approximate surface area is 165 Å². The second kappa shape index (κ2) is 10.3. The molecule has 3 N–H and O–H groups in total. The number of nitrogens with zero attached hydrogens (tertiary/aromatic N) is 1. The number of halogens is 1. The topological polar surface area (TPSA) is 82.6 Å². The molecular weight excluding hydrogens is 459 g/mol. The van der Waals surface area contributed by atoms with Gasteiger partial charge in [0.2, 0.25) is 10.0 Å². The van der Waals surface area contributed by atoms with E-state index in [0.717, 1.165) is 24.3 Å². The summed E-state index contributed by atoms with van der Waals surface area (Å²) in [6, 6.07) is 7.32. The number of anilines is 1. The van der Waals surface area contributed by atoms with Gasteiger partial charge in [0, 0.05) is 31.1 Å². The molecule has 1 atom stereocenters. The SMILES string of the molecule is CN=C(NCc1cccc(NS(C)(=O)=O)c1)NCC1CCCS1.I. The van der Waals surface area contributed by atoms with Crippen LogP contribution in [0.25, 0.3) is 0 Å². The molecule has 1 unspecified atom stereocenters. The van der Waals surface area contributed by atoms with E-state index < -0.39 is 10.0 Å². The number of thioether (sulfide) groups is 1. The van der Waals surface area contributed by atoms with Crippen molar-refractivity contribution in [3.8, 4) is 0 Å². The summed E-state index contributed by atoms with van der Waals surface area (Å²) < 4.78 is 25.0. The standard InChI is InChI=1S/C15H24N4O2S2.HI/c1-16-15(18-11-14-7-4-8-22-14)17-10-12-5-3-6-13(9-12)19-23(2,20)21;/h3,5-6,9,14,19H,4,7-8,10-11H2,1-2H3,(H2,16,17,18);1H. The average Bonchev–Trinajstić information content (AvgIpc) is 2.99. The van der Waals surface area contributed by atoms with Gasteiger partial charge in [-0.2, -0.15) is 11.8 Å². The Morgan fingerprint density at radius 2 is 2.17 bits per heavy atom. The maximum Gasteiger partial charge on any atom is 0.229 e. The molecule has 0 bridgehead atoms. The Bertz CT molecular complexity index is 647. The van der Waals surface area contributed by atoms with Gasteiger partial charge in [0.15, 0.2) is 5.96 Å². The van der Waals surface area contributed by atoms with Crippen LogP contribution in [0.1, 0.15) is 18.4 Å². The van der Waals surface area contributed by atoms with Crippen molar-refractivity contribution in [1.82, 2.24) is 10.6 Å². The maximum atomic E-state index is 11.3. The van der Waals surface area contributed by atoms with E-state index in [2.05, 4.69) is 20.3 Å². The third-order valence-corrected chi connectivity index (χ3v) is 5.44. The molecule has 1 heterocycles. The highest BCUT2D eigenvalue weighted by atomic mass is 127. The molecule has 0 saturated carbocycles. The largest absolute Gasteiger partial charge is 0.355 e. The van der Waals surface area contributed by atoms with Gasteiger partial charge in [0.25, 0.3) is 0 Å². The Hall–Kier alpha value is -0.680. The Morgan fingerprint density at radius 3 is 2.79 bits per heavy atom. The molecule has 1 aliphatic rings. The molecule has 0 aliphatic carbocycles. The number of benzene rings is 1. The maximum absolute atomic E-state index is 11.3. The zero-order valence-electron chi connectivity index (χ0n) is 13.9. The fourth-order valence-corrected chi connectivity index (χ4v) is 4.14. The van der Waals surface area contributed by atoms with Crippen molar-refractivity contribution in [3.05, 3.63) is 29.8 Å². The van der Waals surface area contributed by atoms with E-state index in [1.54, 1.807) is 13.1 Å². The number of nitrogens with one attached hydrogen (secondary N) is 3. The molecule has 1 fully saturated rings. The number of guanidine groups is 1. The van der Waals surface area contributed by atoms with Crippen LogP contribution < -0.4 is 15.4 Å². The molecule has 0 radical (unpaired) electrons. The van der Waals surface area contributed by atoms with Gasteiger partial charge in [0.1, 0.15) is 0 Å². The Morgan fingerprint density at radius 1 is 1.38 bits per heavy atom. The molecule has 9 heteroatoms. The quantitative estimate of drug-likeness (QED) is 0.328. The van der Waals surface area contributed by atoms with Crippen molar-refractivity contribution in [2.45, 2.75) is 24.6 Å². The van der Waals surface area contributed by atoms with Gasteiger partial charge in [-0.05, 0) is 36.3 Å². The van der Waals surface area contributed by atoms with E-state index in [4.69, 9.17) is 0 Å². The minimum atomic E-state index is -3.26. The van der Waals surface area contributed by atoms with E-state index in [-0.39, 0.29) is 24.0 Å². The number of aliphatic imine (C=N–C) groups is 1. The first-order valence-electron chi connectivity index (χ1n) is 7.59. The van der Waals surface area contributed by atoms with Crippen molar-refractivity contribution >= 4 is 57.4 Å². The average molecular weight is 484 g/mol. The van der Waals surface area contributed by atoms with Crippen LogP contribution in [0, 0.1) is 0 Å². The van der Waals surface area contributed by atoms with Gasteiger partial charge < -0.3 is 10.6 Å². The zero-order chi connectivity index (χ0) is 16.7. The van der Waals surface area contributed by atoms with E-state index in [1.807, 2.05) is 30.0 Å².